The van der Waals surface area contributed by atoms with Crippen molar-refractivity contribution in [1.82, 2.24) is 0 Å². The molecule has 0 aromatic carbocycles. The molecule has 0 amide bonds. The summed E-state index contributed by atoms with van der Waals surface area (Å²) in [5, 5.41) is 0. The lowest BCUT2D eigenvalue weighted by molar-refractivity contribution is -0.211. The second-order valence-electron chi connectivity index (χ2n) is 9.80. The Kier molecular flexibility index (Phi) is 3.61. The van der Waals surface area contributed by atoms with Crippen molar-refractivity contribution in [2.24, 2.45) is 29.1 Å². The van der Waals surface area contributed by atoms with E-state index < -0.39 is 0 Å². The van der Waals surface area contributed by atoms with E-state index in [2.05, 4.69) is 12.2 Å². The highest BCUT2D eigenvalue weighted by Gasteiger charge is 2.62. The van der Waals surface area contributed by atoms with Gasteiger partial charge in [0.25, 0.3) is 0 Å². The standard InChI is InChI=1S/C22H32O2/c23-20(19-6-2-1-3-7-19)24-22(8-4-5-9-22)21-13-16-10-17(14-21)12-18(11-16)15-21/h1-2,16-19H,3-15H2. The lowest BCUT2D eigenvalue weighted by atomic mass is 9.45. The number of rotatable bonds is 3. The van der Waals surface area contributed by atoms with Gasteiger partial charge in [0.2, 0.25) is 0 Å². The molecule has 0 heterocycles. The number of hydrogen-bond donors (Lipinski definition) is 0. The fourth-order valence-corrected chi connectivity index (χ4v) is 7.64. The highest BCUT2D eigenvalue weighted by Crippen LogP contribution is 2.67. The van der Waals surface area contributed by atoms with E-state index in [1.807, 2.05) is 0 Å². The van der Waals surface area contributed by atoms with Crippen LogP contribution in [-0.4, -0.2) is 11.6 Å². The lowest BCUT2D eigenvalue weighted by Gasteiger charge is -2.62. The maximum absolute atomic E-state index is 13.0. The SMILES string of the molecule is O=C(OC1(C23CC4CC(CC(C4)C2)C3)CCCC1)C1CC=CCC1. The molecule has 132 valence electrons. The van der Waals surface area contributed by atoms with Crippen LogP contribution in [0.5, 0.6) is 0 Å². The summed E-state index contributed by atoms with van der Waals surface area (Å²) in [5.74, 6) is 3.07. The molecule has 0 saturated heterocycles. The first-order valence-corrected chi connectivity index (χ1v) is 10.6. The molecule has 2 nitrogen and oxygen atoms in total. The summed E-state index contributed by atoms with van der Waals surface area (Å²) in [6.45, 7) is 0. The van der Waals surface area contributed by atoms with Crippen LogP contribution in [0.15, 0.2) is 12.2 Å². The van der Waals surface area contributed by atoms with Gasteiger partial charge in [-0.2, -0.15) is 0 Å². The van der Waals surface area contributed by atoms with Gasteiger partial charge in [-0.05, 0) is 101 Å². The van der Waals surface area contributed by atoms with E-state index >= 15 is 0 Å². The zero-order valence-electron chi connectivity index (χ0n) is 15.0. The summed E-state index contributed by atoms with van der Waals surface area (Å²) in [6.07, 6.45) is 20.6. The number of esters is 1. The van der Waals surface area contributed by atoms with E-state index in [0.717, 1.165) is 49.9 Å². The van der Waals surface area contributed by atoms with Crippen LogP contribution in [-0.2, 0) is 9.53 Å². The predicted octanol–water partition coefficient (Wildman–Crippen LogP) is 5.42. The molecule has 1 atom stereocenters. The Morgan fingerprint density at radius 3 is 2.08 bits per heavy atom. The first-order valence-electron chi connectivity index (χ1n) is 10.6. The van der Waals surface area contributed by atoms with E-state index in [1.165, 1.54) is 51.4 Å². The van der Waals surface area contributed by atoms with E-state index in [0.29, 0.717) is 5.41 Å². The van der Waals surface area contributed by atoms with Gasteiger partial charge in [-0.15, -0.1) is 0 Å². The largest absolute Gasteiger partial charge is 0.458 e. The van der Waals surface area contributed by atoms with Crippen LogP contribution in [0.3, 0.4) is 0 Å². The predicted molar refractivity (Wildman–Crippen MR) is 94.4 cm³/mol. The zero-order valence-corrected chi connectivity index (χ0v) is 15.0. The number of carbonyl (C=O) groups excluding carboxylic acids is 1. The average Bonchev–Trinajstić information content (AvgIpc) is 3.05. The van der Waals surface area contributed by atoms with Crippen LogP contribution in [0, 0.1) is 29.1 Å². The summed E-state index contributed by atoms with van der Waals surface area (Å²) < 4.78 is 6.55. The third-order valence-corrected chi connectivity index (χ3v) is 8.31. The van der Waals surface area contributed by atoms with Crippen molar-refractivity contribution < 1.29 is 9.53 Å². The van der Waals surface area contributed by atoms with Gasteiger partial charge in [-0.1, -0.05) is 12.2 Å². The quantitative estimate of drug-likeness (QED) is 0.511. The molecule has 0 spiro atoms. The third-order valence-electron chi connectivity index (χ3n) is 8.31. The smallest absolute Gasteiger partial charge is 0.309 e. The minimum absolute atomic E-state index is 0.0960. The molecule has 2 heteroatoms. The molecule has 5 fully saturated rings. The molecule has 6 aliphatic carbocycles. The molecule has 0 aliphatic heterocycles. The second-order valence-corrected chi connectivity index (χ2v) is 9.80. The third kappa shape index (κ3) is 2.31. The maximum Gasteiger partial charge on any atom is 0.309 e. The van der Waals surface area contributed by atoms with Crippen molar-refractivity contribution in [3.8, 4) is 0 Å². The average molecular weight is 328 g/mol. The van der Waals surface area contributed by atoms with Gasteiger partial charge in [-0.3, -0.25) is 4.79 Å². The van der Waals surface area contributed by atoms with E-state index in [-0.39, 0.29) is 17.5 Å². The molecule has 1 unspecified atom stereocenters. The molecule has 4 bridgehead atoms. The van der Waals surface area contributed by atoms with Crippen molar-refractivity contribution in [3.05, 3.63) is 12.2 Å². The van der Waals surface area contributed by atoms with Gasteiger partial charge in [0.1, 0.15) is 5.60 Å². The second kappa shape index (κ2) is 5.61. The van der Waals surface area contributed by atoms with Gasteiger partial charge in [-0.25, -0.2) is 0 Å². The number of hydrogen-bond acceptors (Lipinski definition) is 2. The van der Waals surface area contributed by atoms with E-state index in [9.17, 15) is 4.79 Å². The van der Waals surface area contributed by atoms with E-state index in [1.54, 1.807) is 0 Å². The molecule has 5 saturated carbocycles. The molecule has 24 heavy (non-hydrogen) atoms. The molecule has 0 aromatic rings. The Hall–Kier alpha value is -0.790. The topological polar surface area (TPSA) is 26.3 Å². The highest BCUT2D eigenvalue weighted by atomic mass is 16.6. The van der Waals surface area contributed by atoms with Gasteiger partial charge < -0.3 is 4.74 Å². The fourth-order valence-electron chi connectivity index (χ4n) is 7.64. The maximum atomic E-state index is 13.0. The van der Waals surface area contributed by atoms with Gasteiger partial charge in [0.05, 0.1) is 5.92 Å². The Morgan fingerprint density at radius 1 is 0.917 bits per heavy atom. The highest BCUT2D eigenvalue weighted by molar-refractivity contribution is 5.73. The van der Waals surface area contributed by atoms with Crippen molar-refractivity contribution >= 4 is 5.97 Å². The summed E-state index contributed by atoms with van der Waals surface area (Å²) in [4.78, 5) is 13.0. The molecule has 0 radical (unpaired) electrons. The van der Waals surface area contributed by atoms with E-state index in [4.69, 9.17) is 4.74 Å². The van der Waals surface area contributed by atoms with Gasteiger partial charge >= 0.3 is 5.97 Å². The normalized spacial score (nSPS) is 45.5. The molecule has 6 aliphatic rings. The Bertz CT molecular complexity index is 505. The first kappa shape index (κ1) is 15.5. The molecular weight excluding hydrogens is 296 g/mol. The summed E-state index contributed by atoms with van der Waals surface area (Å²) >= 11 is 0. The Labute approximate surface area is 146 Å². The Morgan fingerprint density at radius 2 is 1.54 bits per heavy atom. The molecule has 6 rings (SSSR count). The number of carbonyl (C=O) groups is 1. The first-order chi connectivity index (χ1) is 11.7. The number of allylic oxidation sites excluding steroid dienone is 2. The summed E-state index contributed by atoms with van der Waals surface area (Å²) in [5.41, 5.74) is 0.250. The van der Waals surface area contributed by atoms with Crippen LogP contribution >= 0.6 is 0 Å². The van der Waals surface area contributed by atoms with Gasteiger partial charge in [0.15, 0.2) is 0 Å². The van der Waals surface area contributed by atoms with Crippen LogP contribution in [0.2, 0.25) is 0 Å². The molecule has 0 N–H and O–H groups in total. The summed E-state index contributed by atoms with van der Waals surface area (Å²) in [7, 11) is 0. The molecular formula is C22H32O2. The molecule has 0 aromatic heterocycles. The zero-order chi connectivity index (χ0) is 16.2. The van der Waals surface area contributed by atoms with Crippen LogP contribution in [0.25, 0.3) is 0 Å². The van der Waals surface area contributed by atoms with Crippen molar-refractivity contribution in [2.45, 2.75) is 89.1 Å². The van der Waals surface area contributed by atoms with Crippen LogP contribution in [0.4, 0.5) is 0 Å². The van der Waals surface area contributed by atoms with Crippen molar-refractivity contribution in [1.29, 1.82) is 0 Å². The fraction of sp³-hybridized carbons (Fsp3) is 0.864. The monoisotopic (exact) mass is 328 g/mol. The van der Waals surface area contributed by atoms with Crippen molar-refractivity contribution in [3.63, 3.8) is 0 Å². The number of ether oxygens (including phenoxy) is 1. The van der Waals surface area contributed by atoms with Crippen LogP contribution < -0.4 is 0 Å². The summed E-state index contributed by atoms with van der Waals surface area (Å²) in [6, 6.07) is 0. The minimum Gasteiger partial charge on any atom is -0.458 e. The van der Waals surface area contributed by atoms with Gasteiger partial charge in [0, 0.05) is 5.41 Å². The van der Waals surface area contributed by atoms with Crippen LogP contribution in [0.1, 0.15) is 83.5 Å². The minimum atomic E-state index is -0.0960. The lowest BCUT2D eigenvalue weighted by Crippen LogP contribution is -2.59. The van der Waals surface area contributed by atoms with Crippen molar-refractivity contribution in [2.75, 3.05) is 0 Å². The Balaban J connectivity index is 1.42.